The molecule has 2 rings (SSSR count). The predicted octanol–water partition coefficient (Wildman–Crippen LogP) is 4.04. The molecule has 3 nitrogen and oxygen atoms in total. The topological polar surface area (TPSA) is 37.4 Å². The van der Waals surface area contributed by atoms with Gasteiger partial charge in [-0.25, -0.2) is 0 Å². The maximum absolute atomic E-state index is 5.08. The van der Waals surface area contributed by atoms with Gasteiger partial charge in [-0.15, -0.1) is 0 Å². The normalized spacial score (nSPS) is 11.6. The number of methoxy groups -OCH3 is 1. The standard InChI is InChI=1S/C16H20N2O/c1-12(2)15-6-4-5-7-16(15)17-10-13-8-9-14(18-13)11-19-3/h4-10,12,18H,11H2,1-3H3. The van der Waals surface area contributed by atoms with Crippen LogP contribution in [-0.4, -0.2) is 18.3 Å². The summed E-state index contributed by atoms with van der Waals surface area (Å²) in [6.07, 6.45) is 1.86. The van der Waals surface area contributed by atoms with Gasteiger partial charge in [-0.3, -0.25) is 4.99 Å². The molecule has 3 heteroatoms. The van der Waals surface area contributed by atoms with E-state index in [1.54, 1.807) is 7.11 Å². The van der Waals surface area contributed by atoms with E-state index in [0.717, 1.165) is 17.1 Å². The highest BCUT2D eigenvalue weighted by atomic mass is 16.5. The zero-order chi connectivity index (χ0) is 13.7. The molecule has 0 aliphatic rings. The van der Waals surface area contributed by atoms with Crippen LogP contribution in [0.5, 0.6) is 0 Å². The number of H-pyrrole nitrogens is 1. The Morgan fingerprint density at radius 1 is 1.21 bits per heavy atom. The molecule has 1 aromatic heterocycles. The van der Waals surface area contributed by atoms with E-state index in [4.69, 9.17) is 4.74 Å². The van der Waals surface area contributed by atoms with E-state index < -0.39 is 0 Å². The van der Waals surface area contributed by atoms with Crippen LogP contribution in [0.4, 0.5) is 5.69 Å². The fourth-order valence-corrected chi connectivity index (χ4v) is 2.01. The predicted molar refractivity (Wildman–Crippen MR) is 79.3 cm³/mol. The highest BCUT2D eigenvalue weighted by Crippen LogP contribution is 2.26. The second kappa shape index (κ2) is 6.34. The summed E-state index contributed by atoms with van der Waals surface area (Å²) in [6.45, 7) is 4.95. The minimum atomic E-state index is 0.473. The Morgan fingerprint density at radius 3 is 2.74 bits per heavy atom. The van der Waals surface area contributed by atoms with Gasteiger partial charge in [0, 0.05) is 12.8 Å². The number of aromatic nitrogens is 1. The lowest BCUT2D eigenvalue weighted by Gasteiger charge is -2.08. The van der Waals surface area contributed by atoms with E-state index in [0.29, 0.717) is 12.5 Å². The van der Waals surface area contributed by atoms with Crippen LogP contribution in [0.3, 0.4) is 0 Å². The van der Waals surface area contributed by atoms with Gasteiger partial charge in [0.2, 0.25) is 0 Å². The first-order chi connectivity index (χ1) is 9.20. The van der Waals surface area contributed by atoms with Crippen molar-refractivity contribution in [2.45, 2.75) is 26.4 Å². The minimum Gasteiger partial charge on any atom is -0.378 e. The molecule has 0 unspecified atom stereocenters. The highest BCUT2D eigenvalue weighted by Gasteiger charge is 2.04. The third-order valence-corrected chi connectivity index (χ3v) is 2.97. The van der Waals surface area contributed by atoms with E-state index in [-0.39, 0.29) is 0 Å². The first-order valence-electron chi connectivity index (χ1n) is 6.50. The molecule has 0 atom stereocenters. The number of rotatable bonds is 5. The molecule has 0 spiro atoms. The summed E-state index contributed by atoms with van der Waals surface area (Å²) < 4.78 is 5.08. The maximum atomic E-state index is 5.08. The Kier molecular flexibility index (Phi) is 4.53. The molecule has 100 valence electrons. The van der Waals surface area contributed by atoms with Gasteiger partial charge >= 0.3 is 0 Å². The van der Waals surface area contributed by atoms with Gasteiger partial charge in [-0.2, -0.15) is 0 Å². The third kappa shape index (κ3) is 3.55. The average Bonchev–Trinajstić information content (AvgIpc) is 2.85. The lowest BCUT2D eigenvalue weighted by Crippen LogP contribution is -1.89. The van der Waals surface area contributed by atoms with Crippen molar-refractivity contribution in [1.29, 1.82) is 0 Å². The SMILES string of the molecule is COCc1ccc(C=Nc2ccccc2C(C)C)[nH]1. The van der Waals surface area contributed by atoms with E-state index in [1.807, 2.05) is 30.5 Å². The summed E-state index contributed by atoms with van der Waals surface area (Å²) in [7, 11) is 1.69. The number of ether oxygens (including phenoxy) is 1. The second-order valence-electron chi connectivity index (χ2n) is 4.84. The van der Waals surface area contributed by atoms with Crippen molar-refractivity contribution in [2.24, 2.45) is 4.99 Å². The van der Waals surface area contributed by atoms with Gasteiger partial charge in [0.1, 0.15) is 0 Å². The Hall–Kier alpha value is -1.87. The van der Waals surface area contributed by atoms with Crippen LogP contribution < -0.4 is 0 Å². The average molecular weight is 256 g/mol. The van der Waals surface area contributed by atoms with E-state index in [1.165, 1.54) is 5.56 Å². The number of hydrogen-bond donors (Lipinski definition) is 1. The van der Waals surface area contributed by atoms with Crippen molar-refractivity contribution in [1.82, 2.24) is 4.98 Å². The van der Waals surface area contributed by atoms with Crippen molar-refractivity contribution in [2.75, 3.05) is 7.11 Å². The first-order valence-corrected chi connectivity index (χ1v) is 6.50. The van der Waals surface area contributed by atoms with Gasteiger partial charge in [-0.05, 0) is 29.7 Å². The molecule has 0 aliphatic heterocycles. The number of nitrogens with zero attached hydrogens (tertiary/aromatic N) is 1. The quantitative estimate of drug-likeness (QED) is 0.805. The number of aromatic amines is 1. The zero-order valence-corrected chi connectivity index (χ0v) is 11.7. The van der Waals surface area contributed by atoms with Gasteiger partial charge in [0.15, 0.2) is 0 Å². The summed E-state index contributed by atoms with van der Waals surface area (Å²) in [6, 6.07) is 12.3. The van der Waals surface area contributed by atoms with Gasteiger partial charge in [0.25, 0.3) is 0 Å². The molecule has 0 bridgehead atoms. The lowest BCUT2D eigenvalue weighted by atomic mass is 10.0. The van der Waals surface area contributed by atoms with Crippen molar-refractivity contribution in [3.63, 3.8) is 0 Å². The van der Waals surface area contributed by atoms with Crippen molar-refractivity contribution in [3.05, 3.63) is 53.3 Å². The third-order valence-electron chi connectivity index (χ3n) is 2.97. The summed E-state index contributed by atoms with van der Waals surface area (Å²) in [4.78, 5) is 7.83. The maximum Gasteiger partial charge on any atom is 0.0862 e. The molecule has 0 saturated carbocycles. The Labute approximate surface area is 114 Å². The van der Waals surface area contributed by atoms with E-state index in [9.17, 15) is 0 Å². The van der Waals surface area contributed by atoms with Crippen LogP contribution in [0, 0.1) is 0 Å². The molecular formula is C16H20N2O. The largest absolute Gasteiger partial charge is 0.378 e. The summed E-state index contributed by atoms with van der Waals surface area (Å²) in [5.41, 5.74) is 4.34. The molecule has 0 radical (unpaired) electrons. The first kappa shape index (κ1) is 13.6. The van der Waals surface area contributed by atoms with Crippen molar-refractivity contribution in [3.8, 4) is 0 Å². The summed E-state index contributed by atoms with van der Waals surface area (Å²) in [5.74, 6) is 0.473. The Balaban J connectivity index is 2.17. The fourth-order valence-electron chi connectivity index (χ4n) is 2.01. The van der Waals surface area contributed by atoms with E-state index in [2.05, 4.69) is 36.0 Å². The van der Waals surface area contributed by atoms with Crippen LogP contribution >= 0.6 is 0 Å². The Bertz CT molecular complexity index is 555. The molecule has 2 aromatic rings. The number of aliphatic imine (C=N–C) groups is 1. The van der Waals surface area contributed by atoms with Gasteiger partial charge < -0.3 is 9.72 Å². The number of para-hydroxylation sites is 1. The van der Waals surface area contributed by atoms with Crippen LogP contribution in [0.25, 0.3) is 0 Å². The molecule has 0 saturated heterocycles. The molecular weight excluding hydrogens is 236 g/mol. The lowest BCUT2D eigenvalue weighted by molar-refractivity contribution is 0.182. The fraction of sp³-hybridized carbons (Fsp3) is 0.312. The number of benzene rings is 1. The monoisotopic (exact) mass is 256 g/mol. The van der Waals surface area contributed by atoms with Crippen LogP contribution in [0.15, 0.2) is 41.4 Å². The second-order valence-corrected chi connectivity index (χ2v) is 4.84. The van der Waals surface area contributed by atoms with Gasteiger partial charge in [0.05, 0.1) is 24.2 Å². The molecule has 1 aromatic carbocycles. The van der Waals surface area contributed by atoms with Crippen LogP contribution in [0.2, 0.25) is 0 Å². The van der Waals surface area contributed by atoms with Crippen molar-refractivity contribution >= 4 is 11.9 Å². The van der Waals surface area contributed by atoms with Crippen LogP contribution in [-0.2, 0) is 11.3 Å². The highest BCUT2D eigenvalue weighted by molar-refractivity contribution is 5.80. The Morgan fingerprint density at radius 2 is 2.00 bits per heavy atom. The number of nitrogens with one attached hydrogen (secondary N) is 1. The molecule has 0 fully saturated rings. The van der Waals surface area contributed by atoms with Crippen LogP contribution in [0.1, 0.15) is 36.7 Å². The van der Waals surface area contributed by atoms with Gasteiger partial charge in [-0.1, -0.05) is 32.0 Å². The summed E-state index contributed by atoms with van der Waals surface area (Å²) in [5, 5.41) is 0. The molecule has 0 aliphatic carbocycles. The molecule has 0 amide bonds. The molecule has 19 heavy (non-hydrogen) atoms. The molecule has 1 N–H and O–H groups in total. The summed E-state index contributed by atoms with van der Waals surface area (Å²) >= 11 is 0. The molecule has 1 heterocycles. The number of hydrogen-bond acceptors (Lipinski definition) is 2. The van der Waals surface area contributed by atoms with Crippen molar-refractivity contribution < 1.29 is 4.74 Å². The smallest absolute Gasteiger partial charge is 0.0862 e. The minimum absolute atomic E-state index is 0.473. The van der Waals surface area contributed by atoms with E-state index >= 15 is 0 Å². The zero-order valence-electron chi connectivity index (χ0n) is 11.7.